The van der Waals surface area contributed by atoms with Gasteiger partial charge < -0.3 is 20.1 Å². The molecule has 2 N–H and O–H groups in total. The molecular formula is C23H24BrN5O3S. The molecule has 0 saturated carbocycles. The lowest BCUT2D eigenvalue weighted by molar-refractivity contribution is -0.113. The molecule has 0 aliphatic carbocycles. The first-order valence-corrected chi connectivity index (χ1v) is 12.2. The van der Waals surface area contributed by atoms with E-state index in [4.69, 9.17) is 4.74 Å². The fraction of sp³-hybridized carbons (Fsp3) is 0.261. The summed E-state index contributed by atoms with van der Waals surface area (Å²) in [5.74, 6) is 0.636. The number of anilines is 2. The van der Waals surface area contributed by atoms with Gasteiger partial charge in [0.2, 0.25) is 5.91 Å². The van der Waals surface area contributed by atoms with Crippen molar-refractivity contribution < 1.29 is 14.6 Å². The zero-order chi connectivity index (χ0) is 23.2. The van der Waals surface area contributed by atoms with E-state index in [1.54, 1.807) is 24.3 Å². The molecule has 1 aliphatic rings. The Balaban J connectivity index is 1.48. The number of allylic oxidation sites excluding steroid dienone is 1. The summed E-state index contributed by atoms with van der Waals surface area (Å²) in [5, 5.41) is 22.4. The molecule has 10 heteroatoms. The van der Waals surface area contributed by atoms with Gasteiger partial charge in [0.15, 0.2) is 11.0 Å². The van der Waals surface area contributed by atoms with Gasteiger partial charge in [-0.2, -0.15) is 0 Å². The van der Waals surface area contributed by atoms with Crippen LogP contribution in [0.15, 0.2) is 64.7 Å². The van der Waals surface area contributed by atoms with Gasteiger partial charge in [0.25, 0.3) is 0 Å². The lowest BCUT2D eigenvalue weighted by atomic mass is 10.2. The van der Waals surface area contributed by atoms with Gasteiger partial charge in [0.1, 0.15) is 5.75 Å². The second-order valence-electron chi connectivity index (χ2n) is 7.32. The molecule has 172 valence electrons. The van der Waals surface area contributed by atoms with Gasteiger partial charge in [0.05, 0.1) is 35.9 Å². The summed E-state index contributed by atoms with van der Waals surface area (Å²) in [6, 6.07) is 12.9. The van der Waals surface area contributed by atoms with Crippen LogP contribution in [0.3, 0.4) is 0 Å². The highest BCUT2D eigenvalue weighted by Crippen LogP contribution is 2.33. The number of para-hydroxylation sites is 2. The fourth-order valence-corrected chi connectivity index (χ4v) is 4.66. The molecule has 2 heterocycles. The maximum atomic E-state index is 12.8. The summed E-state index contributed by atoms with van der Waals surface area (Å²) in [5.41, 5.74) is 2.31. The Hall–Kier alpha value is -2.82. The molecular weight excluding hydrogens is 506 g/mol. The zero-order valence-electron chi connectivity index (χ0n) is 17.9. The van der Waals surface area contributed by atoms with Crippen molar-refractivity contribution in [2.45, 2.75) is 11.7 Å². The SMILES string of the molecule is C=CCn1c(SCC(=O)Nc2ccccc2N2CCOCC2)nnc1-c1cc(Br)ccc1O. The van der Waals surface area contributed by atoms with Crippen molar-refractivity contribution in [2.75, 3.05) is 42.3 Å². The molecule has 4 rings (SSSR count). The van der Waals surface area contributed by atoms with Gasteiger partial charge in [0, 0.05) is 24.1 Å². The second-order valence-corrected chi connectivity index (χ2v) is 9.18. The summed E-state index contributed by atoms with van der Waals surface area (Å²) < 4.78 is 8.08. The van der Waals surface area contributed by atoms with Gasteiger partial charge in [-0.3, -0.25) is 9.36 Å². The summed E-state index contributed by atoms with van der Waals surface area (Å²) in [4.78, 5) is 15.0. The third kappa shape index (κ3) is 5.58. The zero-order valence-corrected chi connectivity index (χ0v) is 20.3. The molecule has 0 bridgehead atoms. The molecule has 1 aromatic heterocycles. The van der Waals surface area contributed by atoms with Crippen molar-refractivity contribution in [1.29, 1.82) is 0 Å². The van der Waals surface area contributed by atoms with Crippen LogP contribution >= 0.6 is 27.7 Å². The molecule has 0 unspecified atom stereocenters. The molecule has 1 saturated heterocycles. The summed E-state index contributed by atoms with van der Waals surface area (Å²) in [7, 11) is 0. The first-order chi connectivity index (χ1) is 16.1. The number of ether oxygens (including phenoxy) is 1. The van der Waals surface area contributed by atoms with E-state index in [1.165, 1.54) is 11.8 Å². The van der Waals surface area contributed by atoms with Gasteiger partial charge in [-0.15, -0.1) is 16.8 Å². The number of carbonyl (C=O) groups excluding carboxylic acids is 1. The van der Waals surface area contributed by atoms with Crippen molar-refractivity contribution in [1.82, 2.24) is 14.8 Å². The Morgan fingerprint density at radius 3 is 2.82 bits per heavy atom. The van der Waals surface area contributed by atoms with Crippen LogP contribution in [-0.4, -0.2) is 57.8 Å². The van der Waals surface area contributed by atoms with E-state index in [0.717, 1.165) is 28.9 Å². The van der Waals surface area contributed by atoms with Crippen molar-refractivity contribution in [3.63, 3.8) is 0 Å². The second kappa shape index (κ2) is 10.9. The Bertz CT molecular complexity index is 1150. The van der Waals surface area contributed by atoms with Crippen molar-refractivity contribution in [2.24, 2.45) is 0 Å². The molecule has 8 nitrogen and oxygen atoms in total. The average molecular weight is 530 g/mol. The average Bonchev–Trinajstić information content (AvgIpc) is 3.23. The maximum Gasteiger partial charge on any atom is 0.234 e. The summed E-state index contributed by atoms with van der Waals surface area (Å²) in [6.45, 7) is 7.17. The van der Waals surface area contributed by atoms with E-state index in [0.29, 0.717) is 36.3 Å². The Labute approximate surface area is 204 Å². The Morgan fingerprint density at radius 2 is 2.03 bits per heavy atom. The minimum Gasteiger partial charge on any atom is -0.507 e. The normalized spacial score (nSPS) is 13.7. The van der Waals surface area contributed by atoms with Crippen LogP contribution in [0.4, 0.5) is 11.4 Å². The quantitative estimate of drug-likeness (QED) is 0.334. The third-order valence-corrected chi connectivity index (χ3v) is 6.55. The van der Waals surface area contributed by atoms with E-state index >= 15 is 0 Å². The number of hydrogen-bond donors (Lipinski definition) is 2. The summed E-state index contributed by atoms with van der Waals surface area (Å²) >= 11 is 4.71. The lowest BCUT2D eigenvalue weighted by Crippen LogP contribution is -2.36. The van der Waals surface area contributed by atoms with Gasteiger partial charge in [-0.05, 0) is 30.3 Å². The number of morpholine rings is 1. The monoisotopic (exact) mass is 529 g/mol. The van der Waals surface area contributed by atoms with Crippen LogP contribution in [0.1, 0.15) is 0 Å². The molecule has 33 heavy (non-hydrogen) atoms. The minimum atomic E-state index is -0.138. The van der Waals surface area contributed by atoms with Gasteiger partial charge >= 0.3 is 0 Å². The van der Waals surface area contributed by atoms with E-state index in [1.807, 2.05) is 28.8 Å². The molecule has 0 spiro atoms. The van der Waals surface area contributed by atoms with Crippen LogP contribution in [0.2, 0.25) is 0 Å². The lowest BCUT2D eigenvalue weighted by Gasteiger charge is -2.30. The van der Waals surface area contributed by atoms with E-state index in [2.05, 4.69) is 42.9 Å². The number of carbonyl (C=O) groups is 1. The number of benzene rings is 2. The largest absolute Gasteiger partial charge is 0.507 e. The minimum absolute atomic E-state index is 0.102. The number of amides is 1. The number of thioether (sulfide) groups is 1. The number of nitrogens with zero attached hydrogens (tertiary/aromatic N) is 4. The number of phenols is 1. The highest BCUT2D eigenvalue weighted by molar-refractivity contribution is 9.10. The van der Waals surface area contributed by atoms with E-state index < -0.39 is 0 Å². The van der Waals surface area contributed by atoms with Crippen molar-refractivity contribution in [3.05, 3.63) is 59.6 Å². The van der Waals surface area contributed by atoms with Crippen molar-refractivity contribution in [3.8, 4) is 17.1 Å². The van der Waals surface area contributed by atoms with E-state index in [9.17, 15) is 9.90 Å². The number of aromatic nitrogens is 3. The third-order valence-electron chi connectivity index (χ3n) is 5.09. The topological polar surface area (TPSA) is 92.5 Å². The Kier molecular flexibility index (Phi) is 7.69. The predicted molar refractivity (Wildman–Crippen MR) is 134 cm³/mol. The molecule has 3 aromatic rings. The van der Waals surface area contributed by atoms with Gasteiger partial charge in [-0.25, -0.2) is 0 Å². The maximum absolute atomic E-state index is 12.8. The molecule has 0 radical (unpaired) electrons. The van der Waals surface area contributed by atoms with Crippen LogP contribution in [0.5, 0.6) is 5.75 Å². The molecule has 1 amide bonds. The first kappa shape index (κ1) is 23.3. The highest BCUT2D eigenvalue weighted by Gasteiger charge is 2.19. The number of aromatic hydroxyl groups is 1. The number of phenolic OH excluding ortho intramolecular Hbond substituents is 1. The molecule has 1 aliphatic heterocycles. The summed E-state index contributed by atoms with van der Waals surface area (Å²) in [6.07, 6.45) is 1.73. The van der Waals surface area contributed by atoms with Crippen LogP contribution in [0.25, 0.3) is 11.4 Å². The number of rotatable bonds is 8. The molecule has 1 fully saturated rings. The standard InChI is InChI=1S/C23H24BrN5O3S/c1-2-9-29-22(17-14-16(24)7-8-20(17)30)26-27-23(29)33-15-21(31)25-18-5-3-4-6-19(18)28-10-12-32-13-11-28/h2-8,14,30H,1,9-13,15H2,(H,25,31). The predicted octanol–water partition coefficient (Wildman–Crippen LogP) is 4.17. The van der Waals surface area contributed by atoms with Crippen LogP contribution < -0.4 is 10.2 Å². The number of halogens is 1. The molecule has 0 atom stereocenters. The molecule has 2 aromatic carbocycles. The van der Waals surface area contributed by atoms with Gasteiger partial charge in [-0.1, -0.05) is 45.9 Å². The van der Waals surface area contributed by atoms with E-state index in [-0.39, 0.29) is 17.4 Å². The van der Waals surface area contributed by atoms with Crippen LogP contribution in [0, 0.1) is 0 Å². The van der Waals surface area contributed by atoms with Crippen LogP contribution in [-0.2, 0) is 16.1 Å². The number of nitrogens with one attached hydrogen (secondary N) is 1. The Morgan fingerprint density at radius 1 is 1.24 bits per heavy atom. The smallest absolute Gasteiger partial charge is 0.234 e. The highest BCUT2D eigenvalue weighted by atomic mass is 79.9. The number of hydrogen-bond acceptors (Lipinski definition) is 7. The fourth-order valence-electron chi connectivity index (χ4n) is 3.55. The van der Waals surface area contributed by atoms with Crippen molar-refractivity contribution >= 4 is 45.0 Å². The first-order valence-electron chi connectivity index (χ1n) is 10.4.